The Bertz CT molecular complexity index is 282. The second-order valence-corrected chi connectivity index (χ2v) is 4.25. The predicted octanol–water partition coefficient (Wildman–Crippen LogP) is 1.27. The quantitative estimate of drug-likeness (QED) is 0.790. The van der Waals surface area contributed by atoms with Gasteiger partial charge in [0.25, 0.3) is 0 Å². The van der Waals surface area contributed by atoms with Crippen LogP contribution in [0.15, 0.2) is 6.33 Å². The smallest absolute Gasteiger partial charge is 0.141 e. The second kappa shape index (κ2) is 5.96. The molecule has 16 heavy (non-hydrogen) atoms. The fourth-order valence-corrected chi connectivity index (χ4v) is 2.20. The summed E-state index contributed by atoms with van der Waals surface area (Å²) in [5.74, 6) is 1.56. The van der Waals surface area contributed by atoms with Crippen LogP contribution >= 0.6 is 0 Å². The lowest BCUT2D eigenvalue weighted by Crippen LogP contribution is -2.33. The van der Waals surface area contributed by atoms with Gasteiger partial charge in [0.05, 0.1) is 6.04 Å². The largest absolute Gasteiger partial charge is 0.381 e. The van der Waals surface area contributed by atoms with Crippen LogP contribution in [0, 0.1) is 5.92 Å². The summed E-state index contributed by atoms with van der Waals surface area (Å²) in [6.07, 6.45) is 4.91. The lowest BCUT2D eigenvalue weighted by Gasteiger charge is -2.29. The molecule has 0 amide bonds. The number of ether oxygens (including phenoxy) is 1. The van der Waals surface area contributed by atoms with Crippen molar-refractivity contribution >= 4 is 0 Å². The highest BCUT2D eigenvalue weighted by atomic mass is 16.5. The van der Waals surface area contributed by atoms with Crippen LogP contribution in [-0.4, -0.2) is 34.9 Å². The third-order valence-electron chi connectivity index (χ3n) is 3.08. The van der Waals surface area contributed by atoms with Gasteiger partial charge in [-0.05, 0) is 31.7 Å². The summed E-state index contributed by atoms with van der Waals surface area (Å²) in [4.78, 5) is 4.27. The first kappa shape index (κ1) is 11.5. The van der Waals surface area contributed by atoms with Crippen LogP contribution in [0.4, 0.5) is 0 Å². The molecule has 0 radical (unpaired) electrons. The van der Waals surface area contributed by atoms with Crippen molar-refractivity contribution < 1.29 is 4.74 Å². The lowest BCUT2D eigenvalue weighted by molar-refractivity contribution is 0.0525. The van der Waals surface area contributed by atoms with E-state index in [1.54, 1.807) is 6.33 Å². The van der Waals surface area contributed by atoms with Crippen molar-refractivity contribution in [2.45, 2.75) is 32.2 Å². The van der Waals surface area contributed by atoms with Gasteiger partial charge in [0.1, 0.15) is 12.2 Å². The molecule has 0 aliphatic carbocycles. The normalized spacial score (nSPS) is 19.8. The zero-order valence-corrected chi connectivity index (χ0v) is 9.78. The molecule has 1 unspecified atom stereocenters. The van der Waals surface area contributed by atoms with Gasteiger partial charge in [-0.15, -0.1) is 0 Å². The number of aromatic nitrogens is 3. The Hall–Kier alpha value is -0.940. The molecule has 2 heterocycles. The van der Waals surface area contributed by atoms with E-state index in [0.29, 0.717) is 12.0 Å². The van der Waals surface area contributed by atoms with Crippen LogP contribution in [0.25, 0.3) is 0 Å². The van der Waals surface area contributed by atoms with Crippen molar-refractivity contribution in [1.82, 2.24) is 20.5 Å². The van der Waals surface area contributed by atoms with Crippen molar-refractivity contribution in [2.24, 2.45) is 5.92 Å². The first-order valence-electron chi connectivity index (χ1n) is 6.08. The molecule has 2 rings (SSSR count). The minimum atomic E-state index is 0.298. The molecule has 0 aromatic carbocycles. The summed E-state index contributed by atoms with van der Waals surface area (Å²) >= 11 is 0. The molecule has 1 fully saturated rings. The highest BCUT2D eigenvalue weighted by Crippen LogP contribution is 2.27. The highest BCUT2D eigenvalue weighted by molar-refractivity contribution is 4.95. The van der Waals surface area contributed by atoms with Gasteiger partial charge in [-0.3, -0.25) is 5.10 Å². The van der Waals surface area contributed by atoms with Crippen LogP contribution in [0.3, 0.4) is 0 Å². The summed E-state index contributed by atoms with van der Waals surface area (Å²) in [5.41, 5.74) is 0. The van der Waals surface area contributed by atoms with Gasteiger partial charge in [-0.1, -0.05) is 6.92 Å². The van der Waals surface area contributed by atoms with Crippen molar-refractivity contribution in [1.29, 1.82) is 0 Å². The average Bonchev–Trinajstić information content (AvgIpc) is 2.85. The van der Waals surface area contributed by atoms with E-state index < -0.39 is 0 Å². The highest BCUT2D eigenvalue weighted by Gasteiger charge is 2.26. The summed E-state index contributed by atoms with van der Waals surface area (Å²) in [6, 6.07) is 0.298. The molecule has 1 aliphatic heterocycles. The van der Waals surface area contributed by atoms with Crippen molar-refractivity contribution in [3.63, 3.8) is 0 Å². The summed E-state index contributed by atoms with van der Waals surface area (Å²) in [6.45, 7) is 4.92. The third-order valence-corrected chi connectivity index (χ3v) is 3.08. The monoisotopic (exact) mass is 224 g/mol. The molecule has 5 nitrogen and oxygen atoms in total. The molecule has 1 aromatic heterocycles. The standard InChI is InChI=1S/C11H20N4O/c1-2-5-12-10(11-13-8-14-15-11)9-3-6-16-7-4-9/h8-10,12H,2-7H2,1H3,(H,13,14,15). The van der Waals surface area contributed by atoms with Crippen molar-refractivity contribution in [3.8, 4) is 0 Å². The zero-order valence-electron chi connectivity index (χ0n) is 9.78. The molecule has 90 valence electrons. The van der Waals surface area contributed by atoms with Crippen LogP contribution in [0.1, 0.15) is 38.1 Å². The van der Waals surface area contributed by atoms with Crippen LogP contribution < -0.4 is 5.32 Å². The van der Waals surface area contributed by atoms with E-state index in [0.717, 1.165) is 44.8 Å². The number of nitrogens with zero attached hydrogens (tertiary/aromatic N) is 2. The summed E-state index contributed by atoms with van der Waals surface area (Å²) in [7, 11) is 0. The molecular weight excluding hydrogens is 204 g/mol. The van der Waals surface area contributed by atoms with E-state index in [2.05, 4.69) is 27.4 Å². The van der Waals surface area contributed by atoms with E-state index in [1.807, 2.05) is 0 Å². The minimum absolute atomic E-state index is 0.298. The maximum Gasteiger partial charge on any atom is 0.141 e. The molecule has 0 bridgehead atoms. The van der Waals surface area contributed by atoms with Gasteiger partial charge < -0.3 is 10.1 Å². The van der Waals surface area contributed by atoms with Crippen LogP contribution in [-0.2, 0) is 4.74 Å². The van der Waals surface area contributed by atoms with E-state index in [1.165, 1.54) is 0 Å². The van der Waals surface area contributed by atoms with E-state index in [4.69, 9.17) is 4.74 Å². The predicted molar refractivity (Wildman–Crippen MR) is 61.0 cm³/mol. The number of H-pyrrole nitrogens is 1. The zero-order chi connectivity index (χ0) is 11.2. The van der Waals surface area contributed by atoms with Crippen LogP contribution in [0.5, 0.6) is 0 Å². The fourth-order valence-electron chi connectivity index (χ4n) is 2.20. The number of hydrogen-bond acceptors (Lipinski definition) is 4. The Labute approximate surface area is 96.0 Å². The molecule has 1 aromatic rings. The maximum atomic E-state index is 5.40. The molecule has 0 spiro atoms. The first-order chi connectivity index (χ1) is 7.92. The Morgan fingerprint density at radius 3 is 3.00 bits per heavy atom. The molecule has 1 saturated heterocycles. The number of rotatable bonds is 5. The molecule has 0 saturated carbocycles. The number of hydrogen-bond donors (Lipinski definition) is 2. The SMILES string of the molecule is CCCNC(c1ncn[nH]1)C1CCOCC1. The van der Waals surface area contributed by atoms with Gasteiger partial charge in [0.2, 0.25) is 0 Å². The average molecular weight is 224 g/mol. The second-order valence-electron chi connectivity index (χ2n) is 4.25. The fraction of sp³-hybridized carbons (Fsp3) is 0.818. The topological polar surface area (TPSA) is 62.8 Å². The third kappa shape index (κ3) is 2.80. The molecule has 1 atom stereocenters. The van der Waals surface area contributed by atoms with E-state index in [-0.39, 0.29) is 0 Å². The van der Waals surface area contributed by atoms with Gasteiger partial charge in [0, 0.05) is 13.2 Å². The lowest BCUT2D eigenvalue weighted by atomic mass is 9.91. The van der Waals surface area contributed by atoms with Crippen molar-refractivity contribution in [2.75, 3.05) is 19.8 Å². The number of aromatic amines is 1. The van der Waals surface area contributed by atoms with E-state index in [9.17, 15) is 0 Å². The summed E-state index contributed by atoms with van der Waals surface area (Å²) in [5, 5.41) is 10.5. The first-order valence-corrected chi connectivity index (χ1v) is 6.08. The van der Waals surface area contributed by atoms with Gasteiger partial charge in [-0.25, -0.2) is 4.98 Å². The molecular formula is C11H20N4O. The molecule has 2 N–H and O–H groups in total. The van der Waals surface area contributed by atoms with Gasteiger partial charge >= 0.3 is 0 Å². The van der Waals surface area contributed by atoms with Gasteiger partial charge in [0.15, 0.2) is 0 Å². The summed E-state index contributed by atoms with van der Waals surface area (Å²) < 4.78 is 5.40. The van der Waals surface area contributed by atoms with Crippen LogP contribution in [0.2, 0.25) is 0 Å². The Morgan fingerprint density at radius 2 is 2.38 bits per heavy atom. The molecule has 5 heteroatoms. The number of nitrogens with one attached hydrogen (secondary N) is 2. The maximum absolute atomic E-state index is 5.40. The Morgan fingerprint density at radius 1 is 1.56 bits per heavy atom. The van der Waals surface area contributed by atoms with E-state index >= 15 is 0 Å². The van der Waals surface area contributed by atoms with Crippen molar-refractivity contribution in [3.05, 3.63) is 12.2 Å². The Kier molecular flexibility index (Phi) is 4.30. The van der Waals surface area contributed by atoms with Gasteiger partial charge in [-0.2, -0.15) is 5.10 Å². The Balaban J connectivity index is 2.01. The molecule has 1 aliphatic rings. The minimum Gasteiger partial charge on any atom is -0.381 e.